The highest BCUT2D eigenvalue weighted by Gasteiger charge is 2.39. The van der Waals surface area contributed by atoms with Crippen LogP contribution in [0, 0.1) is 10.1 Å². The van der Waals surface area contributed by atoms with Crippen molar-refractivity contribution in [1.82, 2.24) is 24.3 Å². The molecule has 3 heterocycles. The van der Waals surface area contributed by atoms with Crippen molar-refractivity contribution in [1.29, 1.82) is 0 Å². The van der Waals surface area contributed by atoms with Gasteiger partial charge in [0.15, 0.2) is 0 Å². The molecule has 1 saturated heterocycles. The Balaban J connectivity index is 1.40. The van der Waals surface area contributed by atoms with Gasteiger partial charge in [0.1, 0.15) is 6.04 Å². The van der Waals surface area contributed by atoms with Crippen LogP contribution < -0.4 is 11.1 Å². The summed E-state index contributed by atoms with van der Waals surface area (Å²) in [7, 11) is 0. The number of hydrogen-bond acceptors (Lipinski definition) is 6. The number of aromatic nitrogens is 2. The van der Waals surface area contributed by atoms with Crippen LogP contribution in [0.3, 0.4) is 0 Å². The number of fused-ring (bicyclic) bond motifs is 1. The maximum absolute atomic E-state index is 13.8. The highest BCUT2D eigenvalue weighted by Crippen LogP contribution is 2.26. The normalized spacial score (nSPS) is 17.1. The number of urea groups is 2. The fourth-order valence-corrected chi connectivity index (χ4v) is 5.14. The van der Waals surface area contributed by atoms with Crippen molar-refractivity contribution in [2.24, 2.45) is 5.73 Å². The number of rotatable bonds is 5. The van der Waals surface area contributed by atoms with Gasteiger partial charge in [-0.2, -0.15) is 0 Å². The number of imidazole rings is 1. The van der Waals surface area contributed by atoms with E-state index in [0.717, 1.165) is 17.0 Å². The molecule has 0 radical (unpaired) electrons. The molecule has 1 fully saturated rings. The SMILES string of the molecule is NC(=O)N1CCCN(C(=O)C2Cc3ncn(Cc4ccc([N+](=O)[O-])cc4)c3CN2C(=O)Nc2ccccc2)CC1. The molecule has 2 aromatic carbocycles. The molecular weight excluding hydrogens is 516 g/mol. The third-order valence-corrected chi connectivity index (χ3v) is 7.31. The van der Waals surface area contributed by atoms with Crippen molar-refractivity contribution in [2.75, 3.05) is 31.5 Å². The molecule has 3 aromatic rings. The molecular formula is C27H30N8O5. The van der Waals surface area contributed by atoms with E-state index in [-0.39, 0.29) is 24.6 Å². The molecule has 13 heteroatoms. The molecule has 2 aliphatic rings. The Labute approximate surface area is 230 Å². The molecule has 0 bridgehead atoms. The number of benzene rings is 2. The second kappa shape index (κ2) is 11.4. The summed E-state index contributed by atoms with van der Waals surface area (Å²) in [5, 5.41) is 13.9. The van der Waals surface area contributed by atoms with Crippen molar-refractivity contribution < 1.29 is 19.3 Å². The van der Waals surface area contributed by atoms with Crippen molar-refractivity contribution >= 4 is 29.3 Å². The highest BCUT2D eigenvalue weighted by molar-refractivity contribution is 5.94. The minimum atomic E-state index is -0.779. The third-order valence-electron chi connectivity index (χ3n) is 7.31. The van der Waals surface area contributed by atoms with E-state index < -0.39 is 23.0 Å². The Kier molecular flexibility index (Phi) is 7.62. The maximum Gasteiger partial charge on any atom is 0.322 e. The van der Waals surface area contributed by atoms with E-state index in [1.54, 1.807) is 35.5 Å². The second-order valence-corrected chi connectivity index (χ2v) is 9.84. The minimum Gasteiger partial charge on any atom is -0.351 e. The maximum atomic E-state index is 13.8. The Morgan fingerprint density at radius 3 is 2.40 bits per heavy atom. The van der Waals surface area contributed by atoms with Crippen LogP contribution in [0.2, 0.25) is 0 Å². The number of carbonyl (C=O) groups is 3. The number of amides is 5. The third kappa shape index (κ3) is 5.72. The number of nitrogens with two attached hydrogens (primary N) is 1. The van der Waals surface area contributed by atoms with Crippen LogP contribution in [0.1, 0.15) is 23.4 Å². The van der Waals surface area contributed by atoms with Gasteiger partial charge in [-0.3, -0.25) is 14.9 Å². The van der Waals surface area contributed by atoms with E-state index in [1.165, 1.54) is 21.9 Å². The summed E-state index contributed by atoms with van der Waals surface area (Å²) in [6, 6.07) is 13.6. The number of hydrogen-bond donors (Lipinski definition) is 2. The van der Waals surface area contributed by atoms with Crippen molar-refractivity contribution in [2.45, 2.75) is 32.0 Å². The average molecular weight is 547 g/mol. The van der Waals surface area contributed by atoms with Gasteiger partial charge in [-0.15, -0.1) is 0 Å². The number of nitro benzene ring substituents is 1. The van der Waals surface area contributed by atoms with Crippen molar-refractivity contribution in [3.05, 3.63) is 88.0 Å². The van der Waals surface area contributed by atoms with Gasteiger partial charge >= 0.3 is 12.1 Å². The Bertz CT molecular complexity index is 1410. The molecule has 40 heavy (non-hydrogen) atoms. The first-order chi connectivity index (χ1) is 19.3. The number of primary amides is 1. The zero-order chi connectivity index (χ0) is 28.2. The van der Waals surface area contributed by atoms with Gasteiger partial charge in [-0.05, 0) is 24.1 Å². The zero-order valence-corrected chi connectivity index (χ0v) is 21.8. The fourth-order valence-electron chi connectivity index (χ4n) is 5.14. The van der Waals surface area contributed by atoms with Crippen LogP contribution in [0.4, 0.5) is 21.0 Å². The highest BCUT2D eigenvalue weighted by atomic mass is 16.6. The zero-order valence-electron chi connectivity index (χ0n) is 21.8. The van der Waals surface area contributed by atoms with Crippen molar-refractivity contribution in [3.63, 3.8) is 0 Å². The van der Waals surface area contributed by atoms with Gasteiger partial charge in [0.05, 0.1) is 29.2 Å². The van der Waals surface area contributed by atoms with Crippen LogP contribution in [0.25, 0.3) is 0 Å². The number of nitrogens with zero attached hydrogens (tertiary/aromatic N) is 6. The minimum absolute atomic E-state index is 0.00832. The Hall–Kier alpha value is -4.94. The lowest BCUT2D eigenvalue weighted by atomic mass is 10.0. The predicted molar refractivity (Wildman–Crippen MR) is 145 cm³/mol. The summed E-state index contributed by atoms with van der Waals surface area (Å²) in [5.41, 5.74) is 8.42. The molecule has 1 aromatic heterocycles. The lowest BCUT2D eigenvalue weighted by molar-refractivity contribution is -0.384. The van der Waals surface area contributed by atoms with E-state index >= 15 is 0 Å². The summed E-state index contributed by atoms with van der Waals surface area (Å²) in [6.07, 6.45) is 2.50. The topological polar surface area (TPSA) is 160 Å². The number of nitrogens with one attached hydrogen (secondary N) is 1. The van der Waals surface area contributed by atoms with E-state index in [2.05, 4.69) is 10.3 Å². The summed E-state index contributed by atoms with van der Waals surface area (Å²) >= 11 is 0. The van der Waals surface area contributed by atoms with Crippen molar-refractivity contribution in [3.8, 4) is 0 Å². The van der Waals surface area contributed by atoms with Gasteiger partial charge in [-0.1, -0.05) is 30.3 Å². The molecule has 3 N–H and O–H groups in total. The number of non-ortho nitro benzene ring substituents is 1. The summed E-state index contributed by atoms with van der Waals surface area (Å²) in [4.78, 5) is 58.9. The van der Waals surface area contributed by atoms with Gasteiger partial charge in [-0.25, -0.2) is 14.6 Å². The van der Waals surface area contributed by atoms with E-state index in [0.29, 0.717) is 44.8 Å². The lowest BCUT2D eigenvalue weighted by Gasteiger charge is -2.37. The molecule has 2 aliphatic heterocycles. The van der Waals surface area contributed by atoms with E-state index in [9.17, 15) is 24.5 Å². The first kappa shape index (κ1) is 26.7. The fraction of sp³-hybridized carbons (Fsp3) is 0.333. The van der Waals surface area contributed by atoms with Gasteiger partial charge in [0.2, 0.25) is 5.91 Å². The molecule has 208 valence electrons. The van der Waals surface area contributed by atoms with E-state index in [4.69, 9.17) is 5.73 Å². The van der Waals surface area contributed by atoms with Crippen LogP contribution in [-0.4, -0.2) is 79.4 Å². The monoisotopic (exact) mass is 546 g/mol. The number of para-hydroxylation sites is 1. The van der Waals surface area contributed by atoms with Crippen LogP contribution in [0.15, 0.2) is 60.9 Å². The summed E-state index contributed by atoms with van der Waals surface area (Å²) in [5.74, 6) is -0.204. The van der Waals surface area contributed by atoms with Crippen LogP contribution in [0.5, 0.6) is 0 Å². The summed E-state index contributed by atoms with van der Waals surface area (Å²) in [6.45, 7) is 2.14. The van der Waals surface area contributed by atoms with Gasteiger partial charge < -0.3 is 30.3 Å². The lowest BCUT2D eigenvalue weighted by Crippen LogP contribution is -2.55. The summed E-state index contributed by atoms with van der Waals surface area (Å²) < 4.78 is 1.90. The van der Waals surface area contributed by atoms with E-state index in [1.807, 2.05) is 22.8 Å². The smallest absolute Gasteiger partial charge is 0.322 e. The molecule has 1 unspecified atom stereocenters. The molecule has 0 aliphatic carbocycles. The quantitative estimate of drug-likeness (QED) is 0.369. The van der Waals surface area contributed by atoms with Crippen LogP contribution >= 0.6 is 0 Å². The number of carbonyl (C=O) groups excluding carboxylic acids is 3. The Morgan fingerprint density at radius 2 is 1.70 bits per heavy atom. The number of anilines is 1. The number of nitro groups is 1. The first-order valence-electron chi connectivity index (χ1n) is 13.0. The molecule has 1 atom stereocenters. The predicted octanol–water partition coefficient (Wildman–Crippen LogP) is 2.41. The largest absolute Gasteiger partial charge is 0.351 e. The molecule has 0 saturated carbocycles. The van der Waals surface area contributed by atoms with Gasteiger partial charge in [0.25, 0.3) is 5.69 Å². The Morgan fingerprint density at radius 1 is 1.00 bits per heavy atom. The van der Waals surface area contributed by atoms with Crippen LogP contribution in [-0.2, 0) is 24.3 Å². The molecule has 5 amide bonds. The molecule has 0 spiro atoms. The van der Waals surface area contributed by atoms with Gasteiger partial charge in [0, 0.05) is 57.0 Å². The standard InChI is InChI=1S/C27H30N8O5/c28-26(37)32-12-4-11-31(13-14-32)25(36)23-15-22-24(17-34(23)27(38)30-20-5-2-1-3-6-20)33(18-29-22)16-19-7-9-21(10-8-19)35(39)40/h1-3,5-10,18,23H,4,11-17H2,(H2,28,37)(H,30,38). The molecule has 13 nitrogen and oxygen atoms in total. The average Bonchev–Trinajstić information content (AvgIpc) is 3.16. The first-order valence-corrected chi connectivity index (χ1v) is 13.0. The molecule has 5 rings (SSSR count). The second-order valence-electron chi connectivity index (χ2n) is 9.84.